The Morgan fingerprint density at radius 2 is 2.04 bits per heavy atom. The Balaban J connectivity index is 2.01. The molecule has 0 spiro atoms. The first-order chi connectivity index (χ1) is 11.4. The summed E-state index contributed by atoms with van der Waals surface area (Å²) in [5.41, 5.74) is 1.93. The summed E-state index contributed by atoms with van der Waals surface area (Å²) in [6, 6.07) is 8.83. The van der Waals surface area contributed by atoms with E-state index in [1.807, 2.05) is 30.8 Å². The molecular formula is C19H27FN4. The lowest BCUT2D eigenvalue weighted by Gasteiger charge is -2.26. The Hall–Kier alpha value is -2.30. The van der Waals surface area contributed by atoms with Gasteiger partial charge in [-0.2, -0.15) is 0 Å². The number of guanidine groups is 1. The van der Waals surface area contributed by atoms with E-state index < -0.39 is 0 Å². The second kappa shape index (κ2) is 7.99. The highest BCUT2D eigenvalue weighted by atomic mass is 19.1. The van der Waals surface area contributed by atoms with Gasteiger partial charge in [-0.3, -0.25) is 0 Å². The smallest absolute Gasteiger partial charge is 0.191 e. The first kappa shape index (κ1) is 18.0. The van der Waals surface area contributed by atoms with Gasteiger partial charge in [0.25, 0.3) is 0 Å². The number of aromatic nitrogens is 1. The van der Waals surface area contributed by atoms with Crippen LogP contribution in [0, 0.1) is 5.82 Å². The Morgan fingerprint density at radius 3 is 2.67 bits per heavy atom. The summed E-state index contributed by atoms with van der Waals surface area (Å²) in [5.74, 6) is 0.566. The third kappa shape index (κ3) is 5.11. The maximum Gasteiger partial charge on any atom is 0.191 e. The first-order valence-corrected chi connectivity index (χ1v) is 8.30. The number of hydrogen-bond donors (Lipinski definition) is 2. The molecule has 1 aromatic heterocycles. The third-order valence-corrected chi connectivity index (χ3v) is 3.96. The molecule has 0 aliphatic heterocycles. The summed E-state index contributed by atoms with van der Waals surface area (Å²) in [4.78, 5) is 4.62. The topological polar surface area (TPSA) is 41.4 Å². The van der Waals surface area contributed by atoms with Crippen LogP contribution in [0.15, 0.2) is 47.7 Å². The molecule has 2 rings (SSSR count). The third-order valence-electron chi connectivity index (χ3n) is 3.96. The molecule has 0 amide bonds. The van der Waals surface area contributed by atoms with Crippen molar-refractivity contribution in [1.29, 1.82) is 0 Å². The zero-order valence-electron chi connectivity index (χ0n) is 14.9. The summed E-state index contributed by atoms with van der Waals surface area (Å²) >= 11 is 0. The van der Waals surface area contributed by atoms with Gasteiger partial charge in [-0.1, -0.05) is 26.0 Å². The van der Waals surface area contributed by atoms with Gasteiger partial charge in [0.2, 0.25) is 0 Å². The zero-order valence-corrected chi connectivity index (χ0v) is 14.9. The Morgan fingerprint density at radius 1 is 1.25 bits per heavy atom. The Kier molecular flexibility index (Phi) is 6.01. The highest BCUT2D eigenvalue weighted by molar-refractivity contribution is 5.79. The first-order valence-electron chi connectivity index (χ1n) is 8.30. The van der Waals surface area contributed by atoms with Crippen LogP contribution in [0.3, 0.4) is 0 Å². The summed E-state index contributed by atoms with van der Waals surface area (Å²) in [7, 11) is 2.00. The molecule has 0 radical (unpaired) electrons. The van der Waals surface area contributed by atoms with Crippen molar-refractivity contribution < 1.29 is 4.39 Å². The van der Waals surface area contributed by atoms with Crippen molar-refractivity contribution in [2.75, 3.05) is 13.1 Å². The van der Waals surface area contributed by atoms with Gasteiger partial charge < -0.3 is 15.2 Å². The normalized spacial score (nSPS) is 12.3. The molecule has 0 aliphatic carbocycles. The molecule has 5 heteroatoms. The number of halogens is 1. The second-order valence-corrected chi connectivity index (χ2v) is 6.63. The SMILES string of the molecule is CCNC(=NCc1ccn(C)c1)NCC(C)(C)c1cccc(F)c1. The van der Waals surface area contributed by atoms with E-state index in [1.54, 1.807) is 12.1 Å². The molecule has 2 aromatic rings. The molecule has 1 aromatic carbocycles. The van der Waals surface area contributed by atoms with Crippen LogP contribution in [0.4, 0.5) is 4.39 Å². The number of hydrogen-bond acceptors (Lipinski definition) is 1. The lowest BCUT2D eigenvalue weighted by Crippen LogP contribution is -2.43. The van der Waals surface area contributed by atoms with Gasteiger partial charge in [0, 0.05) is 37.9 Å². The van der Waals surface area contributed by atoms with Gasteiger partial charge in [0.15, 0.2) is 5.96 Å². The van der Waals surface area contributed by atoms with Crippen LogP contribution in [0.25, 0.3) is 0 Å². The molecule has 2 N–H and O–H groups in total. The number of nitrogens with one attached hydrogen (secondary N) is 2. The van der Waals surface area contributed by atoms with E-state index in [-0.39, 0.29) is 11.2 Å². The van der Waals surface area contributed by atoms with Crippen molar-refractivity contribution in [1.82, 2.24) is 15.2 Å². The summed E-state index contributed by atoms with van der Waals surface area (Å²) in [6.07, 6.45) is 4.07. The highest BCUT2D eigenvalue weighted by Crippen LogP contribution is 2.22. The molecule has 130 valence electrons. The largest absolute Gasteiger partial charge is 0.357 e. The average molecular weight is 330 g/mol. The zero-order chi connectivity index (χ0) is 17.6. The van der Waals surface area contributed by atoms with Crippen LogP contribution in [0.5, 0.6) is 0 Å². The predicted octanol–water partition coefficient (Wildman–Crippen LogP) is 3.20. The van der Waals surface area contributed by atoms with Crippen LogP contribution >= 0.6 is 0 Å². The van der Waals surface area contributed by atoms with E-state index in [4.69, 9.17) is 0 Å². The van der Waals surface area contributed by atoms with Crippen molar-refractivity contribution in [2.45, 2.75) is 32.7 Å². The second-order valence-electron chi connectivity index (χ2n) is 6.63. The van der Waals surface area contributed by atoms with Crippen LogP contribution in [-0.2, 0) is 19.0 Å². The summed E-state index contributed by atoms with van der Waals surface area (Å²) in [6.45, 7) is 8.30. The lowest BCUT2D eigenvalue weighted by molar-refractivity contribution is 0.503. The molecule has 0 atom stereocenters. The standard InChI is InChI=1S/C19H27FN4/c1-5-21-18(22-12-15-9-10-24(4)13-15)23-14-19(2,3)16-7-6-8-17(20)11-16/h6-11,13H,5,12,14H2,1-4H3,(H2,21,22,23). The molecule has 4 nitrogen and oxygen atoms in total. The molecule has 0 aliphatic rings. The average Bonchev–Trinajstić information content (AvgIpc) is 2.95. The maximum absolute atomic E-state index is 13.5. The minimum Gasteiger partial charge on any atom is -0.357 e. The van der Waals surface area contributed by atoms with Gasteiger partial charge in [0.1, 0.15) is 5.82 Å². The molecule has 0 fully saturated rings. The van der Waals surface area contributed by atoms with Gasteiger partial charge in [0.05, 0.1) is 6.54 Å². The fraction of sp³-hybridized carbons (Fsp3) is 0.421. The predicted molar refractivity (Wildman–Crippen MR) is 97.7 cm³/mol. The van der Waals surface area contributed by atoms with Crippen LogP contribution in [-0.4, -0.2) is 23.6 Å². The van der Waals surface area contributed by atoms with E-state index in [0.717, 1.165) is 18.1 Å². The number of rotatable bonds is 6. The Bertz CT molecular complexity index is 688. The molecule has 0 saturated carbocycles. The van der Waals surface area contributed by atoms with E-state index in [2.05, 4.69) is 41.7 Å². The molecule has 24 heavy (non-hydrogen) atoms. The summed E-state index contributed by atoms with van der Waals surface area (Å²) < 4.78 is 15.5. The van der Waals surface area contributed by atoms with Crippen molar-refractivity contribution >= 4 is 5.96 Å². The molecular weight excluding hydrogens is 303 g/mol. The summed E-state index contributed by atoms with van der Waals surface area (Å²) in [5, 5.41) is 6.62. The quantitative estimate of drug-likeness (QED) is 0.631. The van der Waals surface area contributed by atoms with Crippen molar-refractivity contribution in [3.63, 3.8) is 0 Å². The van der Waals surface area contributed by atoms with E-state index in [1.165, 1.54) is 11.6 Å². The van der Waals surface area contributed by atoms with Crippen molar-refractivity contribution in [2.24, 2.45) is 12.0 Å². The number of aryl methyl sites for hydroxylation is 1. The maximum atomic E-state index is 13.5. The molecule has 1 heterocycles. The number of benzene rings is 1. The van der Waals surface area contributed by atoms with Crippen molar-refractivity contribution in [3.8, 4) is 0 Å². The van der Waals surface area contributed by atoms with Crippen LogP contribution in [0.1, 0.15) is 31.9 Å². The highest BCUT2D eigenvalue weighted by Gasteiger charge is 2.21. The van der Waals surface area contributed by atoms with E-state index >= 15 is 0 Å². The Labute approximate surface area is 143 Å². The lowest BCUT2D eigenvalue weighted by atomic mass is 9.84. The van der Waals surface area contributed by atoms with Crippen LogP contribution in [0.2, 0.25) is 0 Å². The van der Waals surface area contributed by atoms with Crippen LogP contribution < -0.4 is 10.6 Å². The molecule has 0 unspecified atom stereocenters. The van der Waals surface area contributed by atoms with E-state index in [0.29, 0.717) is 13.1 Å². The van der Waals surface area contributed by atoms with Gasteiger partial charge >= 0.3 is 0 Å². The van der Waals surface area contributed by atoms with E-state index in [9.17, 15) is 4.39 Å². The van der Waals surface area contributed by atoms with Gasteiger partial charge in [-0.15, -0.1) is 0 Å². The minimum atomic E-state index is -0.203. The monoisotopic (exact) mass is 330 g/mol. The van der Waals surface area contributed by atoms with Gasteiger partial charge in [-0.05, 0) is 36.2 Å². The minimum absolute atomic E-state index is 0.203. The van der Waals surface area contributed by atoms with Crippen molar-refractivity contribution in [3.05, 3.63) is 59.7 Å². The molecule has 0 saturated heterocycles. The number of aliphatic imine (C=N–C) groups is 1. The fourth-order valence-corrected chi connectivity index (χ4v) is 2.48. The van der Waals surface area contributed by atoms with Gasteiger partial charge in [-0.25, -0.2) is 9.38 Å². The molecule has 0 bridgehead atoms. The fourth-order valence-electron chi connectivity index (χ4n) is 2.48. The number of nitrogens with zero attached hydrogens (tertiary/aromatic N) is 2.